The molecule has 47 heavy (non-hydrogen) atoms. The van der Waals surface area contributed by atoms with Crippen LogP contribution in [-0.4, -0.2) is 4.57 Å². The summed E-state index contributed by atoms with van der Waals surface area (Å²) < 4.78 is 4.98. The number of hydrogen-bond acceptors (Lipinski definition) is 2. The van der Waals surface area contributed by atoms with Gasteiger partial charge in [-0.25, -0.2) is 0 Å². The van der Waals surface area contributed by atoms with Gasteiger partial charge >= 0.3 is 0 Å². The van der Waals surface area contributed by atoms with Crippen LogP contribution in [0.5, 0.6) is 0 Å². The van der Waals surface area contributed by atoms with Gasteiger partial charge in [-0.05, 0) is 59.3 Å². The maximum atomic E-state index is 2.44. The lowest BCUT2D eigenvalue weighted by atomic mass is 10.0. The summed E-state index contributed by atoms with van der Waals surface area (Å²) >= 11 is 1.87. The number of aromatic nitrogens is 1. The first-order valence-corrected chi connectivity index (χ1v) is 16.8. The van der Waals surface area contributed by atoms with E-state index in [9.17, 15) is 0 Å². The molecule has 0 radical (unpaired) electrons. The molecule has 0 saturated carbocycles. The van der Waals surface area contributed by atoms with Gasteiger partial charge < -0.3 is 9.47 Å². The molecular weight excluding hydrogens is 589 g/mol. The first-order valence-electron chi connectivity index (χ1n) is 16.0. The van der Waals surface area contributed by atoms with Gasteiger partial charge in [-0.3, -0.25) is 0 Å². The summed E-state index contributed by atoms with van der Waals surface area (Å²) in [4.78, 5) is 2.44. The van der Waals surface area contributed by atoms with Crippen LogP contribution < -0.4 is 4.90 Å². The Hall–Kier alpha value is -5.90. The normalized spacial score (nSPS) is 11.8. The second-order valence-electron chi connectivity index (χ2n) is 12.2. The number of nitrogens with zero attached hydrogens (tertiary/aromatic N) is 2. The van der Waals surface area contributed by atoms with Crippen LogP contribution in [0.1, 0.15) is 0 Å². The van der Waals surface area contributed by atoms with Crippen molar-refractivity contribution < 1.29 is 0 Å². The standard InChI is InChI=1S/C44H28N2S/c1-3-15-33-29(11-1)13-9-21-39(33)45(40-22-10-14-30-12-2-4-16-34(30)40)31-23-25-37-38-26-24-32(28-44(38)47-43(37)27-31)46-41-19-7-5-17-35(41)36-18-6-8-20-42(36)46/h1-28H. The van der Waals surface area contributed by atoms with Crippen molar-refractivity contribution in [1.29, 1.82) is 0 Å². The van der Waals surface area contributed by atoms with Crippen LogP contribution in [0.25, 0.3) is 69.2 Å². The number of anilines is 3. The minimum Gasteiger partial charge on any atom is -0.309 e. The van der Waals surface area contributed by atoms with Crippen molar-refractivity contribution >= 4 is 91.9 Å². The largest absolute Gasteiger partial charge is 0.309 e. The van der Waals surface area contributed by atoms with Crippen LogP contribution >= 0.6 is 11.3 Å². The Morgan fingerprint density at radius 2 is 0.872 bits per heavy atom. The van der Waals surface area contributed by atoms with Crippen molar-refractivity contribution in [2.75, 3.05) is 4.90 Å². The van der Waals surface area contributed by atoms with Gasteiger partial charge in [-0.1, -0.05) is 121 Å². The third-order valence-electron chi connectivity index (χ3n) is 9.55. The van der Waals surface area contributed by atoms with Crippen LogP contribution in [0.15, 0.2) is 170 Å². The number of benzene rings is 8. The van der Waals surface area contributed by atoms with Crippen LogP contribution in [0.3, 0.4) is 0 Å². The third-order valence-corrected chi connectivity index (χ3v) is 10.7. The fourth-order valence-electron chi connectivity index (χ4n) is 7.45. The molecule has 0 amide bonds. The molecule has 0 unspecified atom stereocenters. The molecule has 2 heterocycles. The van der Waals surface area contributed by atoms with E-state index in [4.69, 9.17) is 0 Å². The number of fused-ring (bicyclic) bond motifs is 8. The summed E-state index contributed by atoms with van der Waals surface area (Å²) in [6.07, 6.45) is 0. The van der Waals surface area contributed by atoms with E-state index >= 15 is 0 Å². The zero-order valence-corrected chi connectivity index (χ0v) is 26.3. The average molecular weight is 617 g/mol. The van der Waals surface area contributed by atoms with Crippen molar-refractivity contribution in [3.63, 3.8) is 0 Å². The highest BCUT2D eigenvalue weighted by molar-refractivity contribution is 7.25. The summed E-state index contributed by atoms with van der Waals surface area (Å²) in [5.74, 6) is 0. The molecule has 2 nitrogen and oxygen atoms in total. The van der Waals surface area contributed by atoms with Gasteiger partial charge in [0.05, 0.1) is 22.4 Å². The summed E-state index contributed by atoms with van der Waals surface area (Å²) in [6.45, 7) is 0. The fourth-order valence-corrected chi connectivity index (χ4v) is 8.62. The number of thiophene rings is 1. The predicted octanol–water partition coefficient (Wildman–Crippen LogP) is 12.9. The lowest BCUT2D eigenvalue weighted by Gasteiger charge is -2.28. The van der Waals surface area contributed by atoms with E-state index in [1.165, 1.54) is 80.6 Å². The van der Waals surface area contributed by atoms with E-state index in [-0.39, 0.29) is 0 Å². The smallest absolute Gasteiger partial charge is 0.0541 e. The van der Waals surface area contributed by atoms with E-state index in [1.807, 2.05) is 11.3 Å². The summed E-state index contributed by atoms with van der Waals surface area (Å²) in [5, 5.41) is 10.1. The molecule has 220 valence electrons. The highest BCUT2D eigenvalue weighted by atomic mass is 32.1. The van der Waals surface area contributed by atoms with Gasteiger partial charge in [0.2, 0.25) is 0 Å². The highest BCUT2D eigenvalue weighted by Crippen LogP contribution is 2.45. The Bertz CT molecular complexity index is 2680. The van der Waals surface area contributed by atoms with Gasteiger partial charge in [0.15, 0.2) is 0 Å². The molecule has 0 bridgehead atoms. The minimum absolute atomic E-state index is 1.15. The first kappa shape index (κ1) is 26.3. The molecule has 0 fully saturated rings. The molecule has 8 aromatic carbocycles. The van der Waals surface area contributed by atoms with E-state index in [0.29, 0.717) is 0 Å². The Balaban J connectivity index is 1.19. The van der Waals surface area contributed by atoms with Crippen molar-refractivity contribution in [3.05, 3.63) is 170 Å². The molecule has 0 aliphatic carbocycles. The van der Waals surface area contributed by atoms with Gasteiger partial charge in [0.1, 0.15) is 0 Å². The second-order valence-corrected chi connectivity index (χ2v) is 13.2. The van der Waals surface area contributed by atoms with E-state index < -0.39 is 0 Å². The van der Waals surface area contributed by atoms with Crippen molar-refractivity contribution in [2.45, 2.75) is 0 Å². The molecule has 10 aromatic rings. The van der Waals surface area contributed by atoms with E-state index in [0.717, 1.165) is 5.69 Å². The summed E-state index contributed by atoms with van der Waals surface area (Å²) in [6, 6.07) is 62.0. The van der Waals surface area contributed by atoms with Gasteiger partial charge in [0, 0.05) is 53.1 Å². The number of para-hydroxylation sites is 2. The quantitative estimate of drug-likeness (QED) is 0.191. The summed E-state index contributed by atoms with van der Waals surface area (Å²) in [7, 11) is 0. The van der Waals surface area contributed by atoms with Gasteiger partial charge in [-0.15, -0.1) is 11.3 Å². The molecule has 10 rings (SSSR count). The van der Waals surface area contributed by atoms with Crippen LogP contribution in [0, 0.1) is 0 Å². The average Bonchev–Trinajstić information content (AvgIpc) is 3.67. The SMILES string of the molecule is c1ccc2c(N(c3ccc4c(c3)sc3cc(-n5c6ccccc6c6ccccc65)ccc34)c3cccc4ccccc34)cccc2c1. The molecule has 0 N–H and O–H groups in total. The Labute approximate surface area is 276 Å². The molecule has 0 aliphatic rings. The number of hydrogen-bond donors (Lipinski definition) is 0. The van der Waals surface area contributed by atoms with E-state index in [2.05, 4.69) is 179 Å². The maximum Gasteiger partial charge on any atom is 0.0541 e. The zero-order chi connectivity index (χ0) is 30.9. The Morgan fingerprint density at radius 1 is 0.383 bits per heavy atom. The lowest BCUT2D eigenvalue weighted by Crippen LogP contribution is -2.10. The fraction of sp³-hybridized carbons (Fsp3) is 0. The molecular formula is C44H28N2S. The Morgan fingerprint density at radius 3 is 1.49 bits per heavy atom. The summed E-state index contributed by atoms with van der Waals surface area (Å²) in [5.41, 5.74) is 7.16. The van der Waals surface area contributed by atoms with Crippen molar-refractivity contribution in [3.8, 4) is 5.69 Å². The molecule has 0 atom stereocenters. The highest BCUT2D eigenvalue weighted by Gasteiger charge is 2.19. The molecule has 2 aromatic heterocycles. The molecule has 0 aliphatic heterocycles. The minimum atomic E-state index is 1.15. The number of rotatable bonds is 4. The maximum absolute atomic E-state index is 2.44. The third kappa shape index (κ3) is 4.04. The Kier molecular flexibility index (Phi) is 5.78. The topological polar surface area (TPSA) is 8.17 Å². The van der Waals surface area contributed by atoms with Crippen LogP contribution in [-0.2, 0) is 0 Å². The molecule has 0 saturated heterocycles. The van der Waals surface area contributed by atoms with Crippen LogP contribution in [0.4, 0.5) is 17.1 Å². The predicted molar refractivity (Wildman–Crippen MR) is 203 cm³/mol. The zero-order valence-electron chi connectivity index (χ0n) is 25.5. The van der Waals surface area contributed by atoms with Crippen molar-refractivity contribution in [1.82, 2.24) is 4.57 Å². The second kappa shape index (κ2) is 10.3. The molecule has 0 spiro atoms. The first-order chi connectivity index (χ1) is 23.3. The van der Waals surface area contributed by atoms with Gasteiger partial charge in [0.25, 0.3) is 0 Å². The van der Waals surface area contributed by atoms with Crippen molar-refractivity contribution in [2.24, 2.45) is 0 Å². The van der Waals surface area contributed by atoms with Crippen LogP contribution in [0.2, 0.25) is 0 Å². The van der Waals surface area contributed by atoms with Gasteiger partial charge in [-0.2, -0.15) is 0 Å². The monoisotopic (exact) mass is 616 g/mol. The lowest BCUT2D eigenvalue weighted by molar-refractivity contribution is 1.19. The molecule has 3 heteroatoms. The van der Waals surface area contributed by atoms with E-state index in [1.54, 1.807) is 0 Å².